The number of ether oxygens (including phenoxy) is 2. The molecule has 0 bridgehead atoms. The molecule has 21 heavy (non-hydrogen) atoms. The van der Waals surface area contributed by atoms with Gasteiger partial charge in [0.1, 0.15) is 17.3 Å². The summed E-state index contributed by atoms with van der Waals surface area (Å²) in [5.41, 5.74) is 1.54. The van der Waals surface area contributed by atoms with Gasteiger partial charge in [-0.25, -0.2) is 4.98 Å². The molecule has 1 heterocycles. The molecule has 0 fully saturated rings. The molecule has 2 rings (SSSR count). The zero-order valence-electron chi connectivity index (χ0n) is 12.3. The van der Waals surface area contributed by atoms with Gasteiger partial charge in [0.25, 0.3) is 0 Å². The summed E-state index contributed by atoms with van der Waals surface area (Å²) in [6, 6.07) is 5.28. The molecule has 6 nitrogen and oxygen atoms in total. The second kappa shape index (κ2) is 6.49. The fraction of sp³-hybridized carbons (Fsp3) is 0.286. The summed E-state index contributed by atoms with van der Waals surface area (Å²) in [4.78, 5) is 8.57. The molecule has 112 valence electrons. The highest BCUT2D eigenvalue weighted by atomic mass is 35.5. The van der Waals surface area contributed by atoms with Crippen molar-refractivity contribution in [1.29, 1.82) is 0 Å². The quantitative estimate of drug-likeness (QED) is 0.884. The molecule has 0 saturated carbocycles. The Morgan fingerprint density at radius 3 is 2.38 bits per heavy atom. The molecule has 2 N–H and O–H groups in total. The van der Waals surface area contributed by atoms with E-state index in [1.807, 2.05) is 13.0 Å². The van der Waals surface area contributed by atoms with E-state index >= 15 is 0 Å². The van der Waals surface area contributed by atoms with Crippen molar-refractivity contribution in [2.24, 2.45) is 0 Å². The molecular formula is C14H17ClN4O2. The van der Waals surface area contributed by atoms with E-state index in [1.54, 1.807) is 33.4 Å². The number of anilines is 3. The molecule has 1 aromatic carbocycles. The van der Waals surface area contributed by atoms with Crippen molar-refractivity contribution in [3.63, 3.8) is 0 Å². The zero-order chi connectivity index (χ0) is 15.4. The van der Waals surface area contributed by atoms with Crippen LogP contribution in [0.15, 0.2) is 18.2 Å². The van der Waals surface area contributed by atoms with Crippen LogP contribution in [-0.2, 0) is 0 Å². The number of nitrogens with zero attached hydrogens (tertiary/aromatic N) is 2. The summed E-state index contributed by atoms with van der Waals surface area (Å²) in [5, 5.41) is 6.57. The van der Waals surface area contributed by atoms with Crippen molar-refractivity contribution in [2.45, 2.75) is 6.92 Å². The van der Waals surface area contributed by atoms with Gasteiger partial charge in [-0.05, 0) is 13.0 Å². The summed E-state index contributed by atoms with van der Waals surface area (Å²) < 4.78 is 10.5. The summed E-state index contributed by atoms with van der Waals surface area (Å²) in [6.07, 6.45) is 0. The number of rotatable bonds is 5. The van der Waals surface area contributed by atoms with Gasteiger partial charge >= 0.3 is 0 Å². The number of aryl methyl sites for hydroxylation is 1. The van der Waals surface area contributed by atoms with Gasteiger partial charge in [0, 0.05) is 24.9 Å². The second-order valence-corrected chi connectivity index (χ2v) is 4.69. The molecule has 0 amide bonds. The van der Waals surface area contributed by atoms with Crippen molar-refractivity contribution < 1.29 is 9.47 Å². The minimum atomic E-state index is 0.486. The van der Waals surface area contributed by atoms with Crippen molar-refractivity contribution in [1.82, 2.24) is 9.97 Å². The monoisotopic (exact) mass is 308 g/mol. The molecule has 0 saturated heterocycles. The Kier molecular flexibility index (Phi) is 4.70. The van der Waals surface area contributed by atoms with Gasteiger partial charge < -0.3 is 20.1 Å². The molecule has 0 atom stereocenters. The van der Waals surface area contributed by atoms with Gasteiger partial charge in [-0.3, -0.25) is 0 Å². The average Bonchev–Trinajstić information content (AvgIpc) is 2.47. The van der Waals surface area contributed by atoms with Crippen molar-refractivity contribution in [2.75, 3.05) is 31.9 Å². The Balaban J connectivity index is 2.39. The lowest BCUT2D eigenvalue weighted by molar-refractivity contribution is 0.396. The number of methoxy groups -OCH3 is 2. The number of benzene rings is 1. The largest absolute Gasteiger partial charge is 0.495 e. The maximum absolute atomic E-state index is 6.15. The van der Waals surface area contributed by atoms with Gasteiger partial charge in [-0.2, -0.15) is 4.98 Å². The summed E-state index contributed by atoms with van der Waals surface area (Å²) in [6.45, 7) is 1.89. The van der Waals surface area contributed by atoms with Crippen LogP contribution in [0.25, 0.3) is 0 Å². The molecular weight excluding hydrogens is 292 g/mol. The summed E-state index contributed by atoms with van der Waals surface area (Å²) in [7, 11) is 4.90. The lowest BCUT2D eigenvalue weighted by Crippen LogP contribution is -2.03. The first-order valence-corrected chi connectivity index (χ1v) is 6.67. The van der Waals surface area contributed by atoms with E-state index in [-0.39, 0.29) is 0 Å². The van der Waals surface area contributed by atoms with Crippen LogP contribution in [0.5, 0.6) is 11.5 Å². The maximum atomic E-state index is 6.15. The molecule has 1 aromatic heterocycles. The third kappa shape index (κ3) is 3.46. The molecule has 0 aliphatic rings. The topological polar surface area (TPSA) is 68.3 Å². The van der Waals surface area contributed by atoms with Gasteiger partial charge in [0.05, 0.1) is 24.9 Å². The summed E-state index contributed by atoms with van der Waals surface area (Å²) in [5.74, 6) is 2.34. The second-order valence-electron chi connectivity index (χ2n) is 4.28. The molecule has 0 radical (unpaired) electrons. The highest BCUT2D eigenvalue weighted by Gasteiger charge is 2.11. The predicted molar refractivity (Wildman–Crippen MR) is 84.2 cm³/mol. The van der Waals surface area contributed by atoms with Crippen LogP contribution in [0.4, 0.5) is 17.5 Å². The number of hydrogen-bond acceptors (Lipinski definition) is 6. The molecule has 2 aromatic rings. The SMILES string of the molecule is CNc1nc(C)cc(Nc2cc(Cl)c(OC)cc2OC)n1. The van der Waals surface area contributed by atoms with Crippen LogP contribution in [0.1, 0.15) is 5.69 Å². The molecule has 0 unspecified atom stereocenters. The third-order valence-corrected chi connectivity index (χ3v) is 3.11. The molecule has 7 heteroatoms. The molecule has 0 spiro atoms. The standard InChI is InChI=1S/C14H17ClN4O2/c1-8-5-13(19-14(16-2)17-8)18-10-6-9(15)11(20-3)7-12(10)21-4/h5-7H,1-4H3,(H2,16,17,18,19). The molecule has 0 aliphatic carbocycles. The van der Waals surface area contributed by atoms with Crippen LogP contribution < -0.4 is 20.1 Å². The Bertz CT molecular complexity index is 649. The highest BCUT2D eigenvalue weighted by molar-refractivity contribution is 6.32. The number of hydrogen-bond donors (Lipinski definition) is 2. The minimum absolute atomic E-state index is 0.486. The Labute approximate surface area is 128 Å². The number of nitrogens with one attached hydrogen (secondary N) is 2. The van der Waals surface area contributed by atoms with Crippen LogP contribution in [-0.4, -0.2) is 31.2 Å². The van der Waals surface area contributed by atoms with Crippen LogP contribution in [0.3, 0.4) is 0 Å². The first-order chi connectivity index (χ1) is 10.1. The molecule has 0 aliphatic heterocycles. The third-order valence-electron chi connectivity index (χ3n) is 2.81. The zero-order valence-corrected chi connectivity index (χ0v) is 13.1. The van der Waals surface area contributed by atoms with Crippen molar-refractivity contribution >= 4 is 29.1 Å². The first kappa shape index (κ1) is 15.2. The Morgan fingerprint density at radius 1 is 1.05 bits per heavy atom. The fourth-order valence-electron chi connectivity index (χ4n) is 1.84. The maximum Gasteiger partial charge on any atom is 0.224 e. The van der Waals surface area contributed by atoms with Gasteiger partial charge in [0.2, 0.25) is 5.95 Å². The van der Waals surface area contributed by atoms with E-state index in [9.17, 15) is 0 Å². The fourth-order valence-corrected chi connectivity index (χ4v) is 2.08. The van der Waals surface area contributed by atoms with Crippen LogP contribution >= 0.6 is 11.6 Å². The smallest absolute Gasteiger partial charge is 0.224 e. The normalized spacial score (nSPS) is 10.1. The van der Waals surface area contributed by atoms with E-state index in [0.717, 1.165) is 5.69 Å². The Hall–Kier alpha value is -2.21. The predicted octanol–water partition coefficient (Wildman–Crippen LogP) is 3.24. The highest BCUT2D eigenvalue weighted by Crippen LogP contribution is 2.37. The van der Waals surface area contributed by atoms with Crippen LogP contribution in [0, 0.1) is 6.92 Å². The van der Waals surface area contributed by atoms with Crippen LogP contribution in [0.2, 0.25) is 5.02 Å². The van der Waals surface area contributed by atoms with E-state index in [1.165, 1.54) is 0 Å². The minimum Gasteiger partial charge on any atom is -0.495 e. The Morgan fingerprint density at radius 2 is 1.76 bits per heavy atom. The van der Waals surface area contributed by atoms with Gasteiger partial charge in [-0.15, -0.1) is 0 Å². The lowest BCUT2D eigenvalue weighted by Gasteiger charge is -2.14. The number of halogens is 1. The summed E-state index contributed by atoms with van der Waals surface area (Å²) >= 11 is 6.15. The van der Waals surface area contributed by atoms with Crippen molar-refractivity contribution in [3.8, 4) is 11.5 Å². The number of aromatic nitrogens is 2. The van der Waals surface area contributed by atoms with Gasteiger partial charge in [-0.1, -0.05) is 11.6 Å². The van der Waals surface area contributed by atoms with E-state index in [0.29, 0.717) is 34.0 Å². The average molecular weight is 309 g/mol. The van der Waals surface area contributed by atoms with E-state index in [2.05, 4.69) is 20.6 Å². The van der Waals surface area contributed by atoms with Crippen molar-refractivity contribution in [3.05, 3.63) is 28.9 Å². The lowest BCUT2D eigenvalue weighted by atomic mass is 10.2. The van der Waals surface area contributed by atoms with E-state index in [4.69, 9.17) is 21.1 Å². The first-order valence-electron chi connectivity index (χ1n) is 6.29. The van der Waals surface area contributed by atoms with E-state index < -0.39 is 0 Å². The van der Waals surface area contributed by atoms with Gasteiger partial charge in [0.15, 0.2) is 0 Å².